The van der Waals surface area contributed by atoms with Crippen LogP contribution in [-0.4, -0.2) is 37.1 Å². The van der Waals surface area contributed by atoms with Crippen molar-refractivity contribution in [3.8, 4) is 0 Å². The molecular formula is C19H38N2. The molecule has 2 aliphatic rings. The molecule has 0 heterocycles. The van der Waals surface area contributed by atoms with E-state index >= 15 is 0 Å². The van der Waals surface area contributed by atoms with E-state index in [2.05, 4.69) is 24.1 Å². The molecule has 2 rings (SSSR count). The summed E-state index contributed by atoms with van der Waals surface area (Å²) < 4.78 is 0. The Bertz CT molecular complexity index is 260. The van der Waals surface area contributed by atoms with Crippen molar-refractivity contribution in [1.82, 2.24) is 10.2 Å². The highest BCUT2D eigenvalue weighted by Crippen LogP contribution is 2.38. The van der Waals surface area contributed by atoms with Gasteiger partial charge in [0.2, 0.25) is 0 Å². The molecule has 2 nitrogen and oxygen atoms in total. The first-order valence-corrected chi connectivity index (χ1v) is 9.80. The average molecular weight is 295 g/mol. The molecule has 2 saturated carbocycles. The smallest absolute Gasteiger partial charge is 0.0107 e. The topological polar surface area (TPSA) is 15.3 Å². The summed E-state index contributed by atoms with van der Waals surface area (Å²) in [6, 6.07) is 0.821. The molecule has 2 fully saturated rings. The summed E-state index contributed by atoms with van der Waals surface area (Å²) in [4.78, 5) is 2.59. The lowest BCUT2D eigenvalue weighted by molar-refractivity contribution is 0.146. The fourth-order valence-electron chi connectivity index (χ4n) is 4.69. The van der Waals surface area contributed by atoms with Crippen molar-refractivity contribution in [1.29, 1.82) is 0 Å². The van der Waals surface area contributed by atoms with E-state index in [1.165, 1.54) is 90.4 Å². The number of hydrogen-bond donors (Lipinski definition) is 1. The molecule has 2 unspecified atom stereocenters. The van der Waals surface area contributed by atoms with Gasteiger partial charge in [0.15, 0.2) is 0 Å². The Morgan fingerprint density at radius 2 is 1.57 bits per heavy atom. The van der Waals surface area contributed by atoms with Crippen LogP contribution in [0.3, 0.4) is 0 Å². The van der Waals surface area contributed by atoms with Crippen LogP contribution in [0.15, 0.2) is 0 Å². The van der Waals surface area contributed by atoms with E-state index in [-0.39, 0.29) is 0 Å². The Morgan fingerprint density at radius 1 is 0.857 bits per heavy atom. The van der Waals surface area contributed by atoms with Crippen molar-refractivity contribution in [2.45, 2.75) is 84.1 Å². The summed E-state index contributed by atoms with van der Waals surface area (Å²) in [6.07, 6.45) is 14.6. The maximum Gasteiger partial charge on any atom is 0.0107 e. The van der Waals surface area contributed by atoms with E-state index < -0.39 is 0 Å². The first-order chi connectivity index (χ1) is 10.3. The normalized spacial score (nSPS) is 28.1. The maximum absolute atomic E-state index is 3.95. The number of nitrogens with one attached hydrogen (secondary N) is 1. The molecular weight excluding hydrogens is 256 g/mol. The average Bonchev–Trinajstić information content (AvgIpc) is 2.55. The van der Waals surface area contributed by atoms with Crippen molar-refractivity contribution in [2.75, 3.05) is 26.2 Å². The summed E-state index contributed by atoms with van der Waals surface area (Å²) in [6.45, 7) is 9.47. The molecule has 0 aromatic rings. The third-order valence-corrected chi connectivity index (χ3v) is 5.90. The van der Waals surface area contributed by atoms with Crippen LogP contribution in [0.5, 0.6) is 0 Å². The minimum absolute atomic E-state index is 0.821. The maximum atomic E-state index is 3.95. The van der Waals surface area contributed by atoms with E-state index in [9.17, 15) is 0 Å². The lowest BCUT2D eigenvalue weighted by Crippen LogP contribution is -2.45. The Hall–Kier alpha value is -0.0800. The van der Waals surface area contributed by atoms with E-state index in [4.69, 9.17) is 0 Å². The standard InChI is InChI=1S/C19H38N2/c1-3-15-21(4-2)16-14-20-19-13-9-8-12-18(19)17-10-6-5-7-11-17/h17-20H,3-16H2,1-2H3. The second-order valence-corrected chi connectivity index (χ2v) is 7.34. The van der Waals surface area contributed by atoms with E-state index in [0.717, 1.165) is 17.9 Å². The first kappa shape index (κ1) is 17.3. The Labute approximate surface area is 133 Å². The zero-order valence-corrected chi connectivity index (χ0v) is 14.6. The number of hydrogen-bond acceptors (Lipinski definition) is 2. The molecule has 0 bridgehead atoms. The SMILES string of the molecule is CCCN(CC)CCNC1CCCCC1C1CCCCC1. The molecule has 0 radical (unpaired) electrons. The monoisotopic (exact) mass is 294 g/mol. The van der Waals surface area contributed by atoms with Crippen LogP contribution in [0, 0.1) is 11.8 Å². The van der Waals surface area contributed by atoms with E-state index in [0.29, 0.717) is 0 Å². The zero-order chi connectivity index (χ0) is 14.9. The summed E-state index contributed by atoms with van der Waals surface area (Å²) in [5, 5.41) is 3.95. The van der Waals surface area contributed by atoms with E-state index in [1.807, 2.05) is 0 Å². The molecule has 0 aromatic heterocycles. The van der Waals surface area contributed by atoms with Gasteiger partial charge in [-0.3, -0.25) is 0 Å². The van der Waals surface area contributed by atoms with Crippen LogP contribution in [-0.2, 0) is 0 Å². The van der Waals surface area contributed by atoms with Gasteiger partial charge in [0.25, 0.3) is 0 Å². The highest BCUT2D eigenvalue weighted by Gasteiger charge is 2.31. The number of rotatable bonds is 8. The minimum Gasteiger partial charge on any atom is -0.312 e. The quantitative estimate of drug-likeness (QED) is 0.711. The molecule has 2 atom stereocenters. The van der Waals surface area contributed by atoms with Crippen molar-refractivity contribution in [2.24, 2.45) is 11.8 Å². The van der Waals surface area contributed by atoms with Gasteiger partial charge in [-0.05, 0) is 44.2 Å². The Morgan fingerprint density at radius 3 is 2.29 bits per heavy atom. The van der Waals surface area contributed by atoms with Crippen LogP contribution < -0.4 is 5.32 Å². The van der Waals surface area contributed by atoms with Gasteiger partial charge in [-0.1, -0.05) is 58.8 Å². The third-order valence-electron chi connectivity index (χ3n) is 5.90. The van der Waals surface area contributed by atoms with Gasteiger partial charge in [-0.15, -0.1) is 0 Å². The van der Waals surface area contributed by atoms with Gasteiger partial charge in [-0.25, -0.2) is 0 Å². The van der Waals surface area contributed by atoms with Gasteiger partial charge in [-0.2, -0.15) is 0 Å². The van der Waals surface area contributed by atoms with Gasteiger partial charge >= 0.3 is 0 Å². The predicted octanol–water partition coefficient (Wildman–Crippen LogP) is 4.45. The summed E-state index contributed by atoms with van der Waals surface area (Å²) >= 11 is 0. The molecule has 2 heteroatoms. The number of nitrogens with zero attached hydrogens (tertiary/aromatic N) is 1. The molecule has 0 saturated heterocycles. The molecule has 0 aromatic carbocycles. The molecule has 0 spiro atoms. The molecule has 2 aliphatic carbocycles. The van der Waals surface area contributed by atoms with Crippen molar-refractivity contribution >= 4 is 0 Å². The highest BCUT2D eigenvalue weighted by molar-refractivity contribution is 4.87. The largest absolute Gasteiger partial charge is 0.312 e. The second kappa shape index (κ2) is 9.84. The van der Waals surface area contributed by atoms with Crippen LogP contribution in [0.2, 0.25) is 0 Å². The van der Waals surface area contributed by atoms with Gasteiger partial charge in [0, 0.05) is 19.1 Å². The van der Waals surface area contributed by atoms with Crippen LogP contribution >= 0.6 is 0 Å². The van der Waals surface area contributed by atoms with E-state index in [1.54, 1.807) is 0 Å². The molecule has 124 valence electrons. The van der Waals surface area contributed by atoms with Gasteiger partial charge < -0.3 is 10.2 Å². The predicted molar refractivity (Wildman–Crippen MR) is 92.7 cm³/mol. The summed E-state index contributed by atoms with van der Waals surface area (Å²) in [5.74, 6) is 2.02. The lowest BCUT2D eigenvalue weighted by atomic mass is 9.71. The van der Waals surface area contributed by atoms with Crippen molar-refractivity contribution in [3.05, 3.63) is 0 Å². The van der Waals surface area contributed by atoms with Crippen LogP contribution in [0.4, 0.5) is 0 Å². The molecule has 1 N–H and O–H groups in total. The highest BCUT2D eigenvalue weighted by atomic mass is 15.1. The summed E-state index contributed by atoms with van der Waals surface area (Å²) in [7, 11) is 0. The summed E-state index contributed by atoms with van der Waals surface area (Å²) in [5.41, 5.74) is 0. The fourth-order valence-corrected chi connectivity index (χ4v) is 4.69. The lowest BCUT2D eigenvalue weighted by Gasteiger charge is -2.39. The van der Waals surface area contributed by atoms with Crippen molar-refractivity contribution < 1.29 is 0 Å². The van der Waals surface area contributed by atoms with Gasteiger partial charge in [0.1, 0.15) is 0 Å². The van der Waals surface area contributed by atoms with Gasteiger partial charge in [0.05, 0.1) is 0 Å². The Balaban J connectivity index is 1.75. The van der Waals surface area contributed by atoms with Crippen LogP contribution in [0.1, 0.15) is 78.1 Å². The number of likely N-dealkylation sites (N-methyl/N-ethyl adjacent to an activating group) is 1. The minimum atomic E-state index is 0.821. The fraction of sp³-hybridized carbons (Fsp3) is 1.00. The Kier molecular flexibility index (Phi) is 8.10. The molecule has 0 aliphatic heterocycles. The van der Waals surface area contributed by atoms with Crippen molar-refractivity contribution in [3.63, 3.8) is 0 Å². The zero-order valence-electron chi connectivity index (χ0n) is 14.6. The third kappa shape index (κ3) is 5.56. The first-order valence-electron chi connectivity index (χ1n) is 9.80. The molecule has 0 amide bonds. The molecule has 21 heavy (non-hydrogen) atoms. The second-order valence-electron chi connectivity index (χ2n) is 7.34. The van der Waals surface area contributed by atoms with Crippen LogP contribution in [0.25, 0.3) is 0 Å².